The number of halogens is 1. The van der Waals surface area contributed by atoms with Crippen LogP contribution in [0.15, 0.2) is 20.4 Å². The maximum atomic E-state index is 11.6. The summed E-state index contributed by atoms with van der Waals surface area (Å²) in [4.78, 5) is 5.23. The van der Waals surface area contributed by atoms with Crippen LogP contribution in [0.5, 0.6) is 0 Å². The molecule has 2 aromatic rings. The van der Waals surface area contributed by atoms with E-state index in [4.69, 9.17) is 4.52 Å². The Morgan fingerprint density at radius 2 is 2.35 bits per heavy atom. The Morgan fingerprint density at radius 3 is 3.05 bits per heavy atom. The molecule has 1 N–H and O–H groups in total. The van der Waals surface area contributed by atoms with E-state index in [2.05, 4.69) is 31.4 Å². The zero-order chi connectivity index (χ0) is 14.2. The maximum Gasteiger partial charge on any atom is 0.228 e. The molecule has 3 heterocycles. The van der Waals surface area contributed by atoms with E-state index < -0.39 is 9.84 Å². The first-order chi connectivity index (χ1) is 9.52. The van der Waals surface area contributed by atoms with E-state index in [1.165, 1.54) is 11.3 Å². The Morgan fingerprint density at radius 1 is 1.50 bits per heavy atom. The minimum Gasteiger partial charge on any atom is -0.339 e. The number of sulfone groups is 1. The van der Waals surface area contributed by atoms with E-state index in [1.54, 1.807) is 0 Å². The molecule has 1 fully saturated rings. The number of hydrogen-bond acceptors (Lipinski definition) is 7. The van der Waals surface area contributed by atoms with Crippen LogP contribution < -0.4 is 5.32 Å². The monoisotopic (exact) mass is 377 g/mol. The minimum absolute atomic E-state index is 0.120. The summed E-state index contributed by atoms with van der Waals surface area (Å²) in [5, 5.41) is 7.09. The van der Waals surface area contributed by atoms with Gasteiger partial charge in [0.1, 0.15) is 0 Å². The molecule has 108 valence electrons. The third kappa shape index (κ3) is 3.27. The minimum atomic E-state index is -2.95. The summed E-state index contributed by atoms with van der Waals surface area (Å²) in [5.41, 5.74) is 0. The van der Waals surface area contributed by atoms with Gasteiger partial charge in [0.2, 0.25) is 11.7 Å². The smallest absolute Gasteiger partial charge is 0.228 e. The summed E-state index contributed by atoms with van der Waals surface area (Å²) >= 11 is 4.90. The Labute approximate surface area is 128 Å². The fourth-order valence-electron chi connectivity index (χ4n) is 2.08. The quantitative estimate of drug-likeness (QED) is 0.871. The van der Waals surface area contributed by atoms with Gasteiger partial charge in [-0.15, -0.1) is 11.3 Å². The second kappa shape index (κ2) is 5.55. The summed E-state index contributed by atoms with van der Waals surface area (Å²) < 4.78 is 29.3. The van der Waals surface area contributed by atoms with Gasteiger partial charge in [-0.05, 0) is 28.1 Å². The molecule has 2 aromatic heterocycles. The van der Waals surface area contributed by atoms with Crippen LogP contribution in [0.3, 0.4) is 0 Å². The molecule has 3 rings (SSSR count). The number of hydrogen-bond donors (Lipinski definition) is 1. The molecule has 9 heteroatoms. The number of nitrogens with one attached hydrogen (secondary N) is 1. The molecule has 0 saturated carbocycles. The summed E-state index contributed by atoms with van der Waals surface area (Å²) in [6.45, 7) is 0.478. The highest BCUT2D eigenvalue weighted by Gasteiger charge is 2.26. The third-order valence-corrected chi connectivity index (χ3v) is 6.34. The van der Waals surface area contributed by atoms with Gasteiger partial charge in [-0.1, -0.05) is 5.16 Å². The highest BCUT2D eigenvalue weighted by molar-refractivity contribution is 9.11. The predicted octanol–water partition coefficient (Wildman–Crippen LogP) is 1.49. The lowest BCUT2D eigenvalue weighted by atomic mass is 10.2. The van der Waals surface area contributed by atoms with Gasteiger partial charge in [0.15, 0.2) is 9.84 Å². The van der Waals surface area contributed by atoms with Crippen molar-refractivity contribution in [3.05, 3.63) is 21.8 Å². The summed E-state index contributed by atoms with van der Waals surface area (Å²) in [5.74, 6) is 1.31. The average molecular weight is 378 g/mol. The fraction of sp³-hybridized carbons (Fsp3) is 0.455. The van der Waals surface area contributed by atoms with E-state index in [0.717, 1.165) is 8.66 Å². The molecular weight excluding hydrogens is 366 g/mol. The van der Waals surface area contributed by atoms with Crippen LogP contribution in [0.1, 0.15) is 5.89 Å². The van der Waals surface area contributed by atoms with Crippen LogP contribution in [0.2, 0.25) is 0 Å². The van der Waals surface area contributed by atoms with Gasteiger partial charge in [-0.3, -0.25) is 0 Å². The van der Waals surface area contributed by atoms with E-state index in [-0.39, 0.29) is 17.5 Å². The van der Waals surface area contributed by atoms with E-state index in [9.17, 15) is 8.42 Å². The summed E-state index contributed by atoms with van der Waals surface area (Å²) in [6.07, 6.45) is 0.429. The first-order valence-electron chi connectivity index (χ1n) is 6.04. The van der Waals surface area contributed by atoms with Gasteiger partial charge in [0.05, 0.1) is 20.2 Å². The van der Waals surface area contributed by atoms with Gasteiger partial charge < -0.3 is 9.84 Å². The molecule has 1 atom stereocenters. The molecule has 0 amide bonds. The van der Waals surface area contributed by atoms with Gasteiger partial charge in [-0.25, -0.2) is 8.42 Å². The van der Waals surface area contributed by atoms with E-state index in [0.29, 0.717) is 24.7 Å². The Kier molecular flexibility index (Phi) is 3.93. The summed E-state index contributed by atoms with van der Waals surface area (Å²) in [6, 6.07) is 3.68. The molecule has 0 aromatic carbocycles. The van der Waals surface area contributed by atoms with E-state index >= 15 is 0 Å². The molecule has 1 aliphatic rings. The van der Waals surface area contributed by atoms with Crippen LogP contribution in [-0.4, -0.2) is 42.7 Å². The number of rotatable bonds is 3. The van der Waals surface area contributed by atoms with Crippen LogP contribution in [0.25, 0.3) is 10.7 Å². The molecule has 20 heavy (non-hydrogen) atoms. The lowest BCUT2D eigenvalue weighted by Gasteiger charge is -2.21. The Hall–Kier alpha value is -0.770. The van der Waals surface area contributed by atoms with Crippen LogP contribution in [-0.2, 0) is 16.3 Å². The van der Waals surface area contributed by atoms with Crippen molar-refractivity contribution >= 4 is 37.1 Å². The predicted molar refractivity (Wildman–Crippen MR) is 79.5 cm³/mol. The van der Waals surface area contributed by atoms with Gasteiger partial charge >= 0.3 is 0 Å². The number of nitrogens with zero attached hydrogens (tertiary/aromatic N) is 2. The number of aromatic nitrogens is 2. The zero-order valence-electron chi connectivity index (χ0n) is 10.4. The van der Waals surface area contributed by atoms with Crippen molar-refractivity contribution in [1.82, 2.24) is 15.5 Å². The SMILES string of the molecule is O=S1(=O)CCNC(Cc2nc(-c3ccc(Br)s3)no2)C1. The fourth-order valence-corrected chi connectivity index (χ4v) is 4.84. The van der Waals surface area contributed by atoms with Crippen molar-refractivity contribution < 1.29 is 12.9 Å². The second-order valence-electron chi connectivity index (χ2n) is 4.59. The van der Waals surface area contributed by atoms with Crippen molar-refractivity contribution in [1.29, 1.82) is 0 Å². The Bertz CT molecular complexity index is 710. The van der Waals surface area contributed by atoms with Crippen molar-refractivity contribution in [3.8, 4) is 10.7 Å². The molecule has 1 unspecified atom stereocenters. The van der Waals surface area contributed by atoms with Crippen molar-refractivity contribution in [2.75, 3.05) is 18.1 Å². The maximum absolute atomic E-state index is 11.6. The molecule has 0 spiro atoms. The molecule has 1 aliphatic heterocycles. The van der Waals surface area contributed by atoms with Crippen LogP contribution >= 0.6 is 27.3 Å². The lowest BCUT2D eigenvalue weighted by molar-refractivity contribution is 0.361. The third-order valence-electron chi connectivity index (χ3n) is 2.98. The molecule has 0 bridgehead atoms. The highest BCUT2D eigenvalue weighted by atomic mass is 79.9. The molecule has 6 nitrogen and oxygen atoms in total. The van der Waals surface area contributed by atoms with Gasteiger partial charge in [0, 0.05) is 19.0 Å². The average Bonchev–Trinajstić information content (AvgIpc) is 2.97. The van der Waals surface area contributed by atoms with Crippen LogP contribution in [0, 0.1) is 0 Å². The van der Waals surface area contributed by atoms with Crippen molar-refractivity contribution in [2.24, 2.45) is 0 Å². The lowest BCUT2D eigenvalue weighted by Crippen LogP contribution is -2.46. The van der Waals surface area contributed by atoms with Crippen molar-refractivity contribution in [2.45, 2.75) is 12.5 Å². The zero-order valence-corrected chi connectivity index (χ0v) is 13.6. The molecule has 0 radical (unpaired) electrons. The van der Waals surface area contributed by atoms with Gasteiger partial charge in [-0.2, -0.15) is 4.98 Å². The molecular formula is C11H12BrN3O3S2. The topological polar surface area (TPSA) is 85.1 Å². The van der Waals surface area contributed by atoms with Crippen LogP contribution in [0.4, 0.5) is 0 Å². The van der Waals surface area contributed by atoms with E-state index in [1.807, 2.05) is 12.1 Å². The first-order valence-corrected chi connectivity index (χ1v) is 9.47. The molecule has 1 saturated heterocycles. The van der Waals surface area contributed by atoms with Gasteiger partial charge in [0.25, 0.3) is 0 Å². The summed E-state index contributed by atoms with van der Waals surface area (Å²) in [7, 11) is -2.95. The molecule has 0 aliphatic carbocycles. The number of thiophene rings is 1. The Balaban J connectivity index is 1.71. The largest absolute Gasteiger partial charge is 0.339 e. The van der Waals surface area contributed by atoms with Crippen molar-refractivity contribution in [3.63, 3.8) is 0 Å². The standard InChI is InChI=1S/C11H12BrN3O3S2/c12-9-2-1-8(19-9)11-14-10(18-15-11)5-7-6-20(16,17)4-3-13-7/h1-2,7,13H,3-6H2. The second-order valence-corrected chi connectivity index (χ2v) is 9.28. The first kappa shape index (κ1) is 14.2. The normalized spacial score (nSPS) is 21.9. The highest BCUT2D eigenvalue weighted by Crippen LogP contribution is 2.29.